The summed E-state index contributed by atoms with van der Waals surface area (Å²) < 4.78 is 37.7. The molecule has 0 unspecified atom stereocenters. The van der Waals surface area contributed by atoms with E-state index in [4.69, 9.17) is 8.94 Å². The van der Waals surface area contributed by atoms with Crippen molar-refractivity contribution in [2.75, 3.05) is 26.2 Å². The molecule has 2 fully saturated rings. The van der Waals surface area contributed by atoms with Crippen LogP contribution in [0.3, 0.4) is 0 Å². The Morgan fingerprint density at radius 3 is 2.62 bits per heavy atom. The fourth-order valence-corrected chi connectivity index (χ4v) is 4.99. The van der Waals surface area contributed by atoms with Crippen molar-refractivity contribution in [2.24, 2.45) is 5.41 Å². The summed E-state index contributed by atoms with van der Waals surface area (Å²) in [6.07, 6.45) is 4.47. The molecule has 0 aromatic carbocycles. The molecule has 0 radical (unpaired) electrons. The van der Waals surface area contributed by atoms with Gasteiger partial charge in [-0.2, -0.15) is 4.31 Å². The van der Waals surface area contributed by atoms with Crippen molar-refractivity contribution in [3.63, 3.8) is 0 Å². The molecule has 4 heterocycles. The summed E-state index contributed by atoms with van der Waals surface area (Å²) in [4.78, 5) is 0. The molecule has 4 rings (SSSR count). The van der Waals surface area contributed by atoms with E-state index in [9.17, 15) is 8.42 Å². The number of hydrogen-bond donors (Lipinski definition) is 1. The number of hydrogen-bond acceptors (Lipinski definition) is 6. The van der Waals surface area contributed by atoms with Crippen LogP contribution in [0.2, 0.25) is 0 Å². The lowest BCUT2D eigenvalue weighted by molar-refractivity contribution is 0.217. The summed E-state index contributed by atoms with van der Waals surface area (Å²) in [6.45, 7) is 3.06. The van der Waals surface area contributed by atoms with Gasteiger partial charge in [0.15, 0.2) is 5.76 Å². The SMILES string of the molecule is Cl.O=S(=O)(c1ccc(-c2ccno2)o1)N1CCC2(CCNCC2)C1. The number of rotatable bonds is 3. The number of furan rings is 1. The van der Waals surface area contributed by atoms with Crippen LogP contribution in [-0.2, 0) is 10.0 Å². The van der Waals surface area contributed by atoms with E-state index in [1.807, 2.05) is 0 Å². The number of nitrogens with one attached hydrogen (secondary N) is 1. The van der Waals surface area contributed by atoms with E-state index in [1.54, 1.807) is 16.4 Å². The van der Waals surface area contributed by atoms with Crippen molar-refractivity contribution in [2.45, 2.75) is 24.4 Å². The molecule has 0 amide bonds. The molecule has 7 nitrogen and oxygen atoms in total. The zero-order valence-electron chi connectivity index (χ0n) is 13.1. The molecule has 2 aliphatic heterocycles. The lowest BCUT2D eigenvalue weighted by Gasteiger charge is -2.33. The Hall–Kier alpha value is -1.35. The van der Waals surface area contributed by atoms with Gasteiger partial charge in [0.25, 0.3) is 10.0 Å². The third-order valence-corrected chi connectivity index (χ3v) is 6.64. The number of aromatic nitrogens is 1. The molecule has 0 aliphatic carbocycles. The fraction of sp³-hybridized carbons (Fsp3) is 0.533. The zero-order valence-corrected chi connectivity index (χ0v) is 14.7. The van der Waals surface area contributed by atoms with Crippen LogP contribution in [0, 0.1) is 5.41 Å². The maximum absolute atomic E-state index is 12.8. The van der Waals surface area contributed by atoms with Gasteiger partial charge in [-0.1, -0.05) is 5.16 Å². The number of halogens is 1. The second-order valence-corrected chi connectivity index (χ2v) is 8.20. The van der Waals surface area contributed by atoms with Crippen LogP contribution in [0.15, 0.2) is 38.4 Å². The van der Waals surface area contributed by atoms with E-state index >= 15 is 0 Å². The van der Waals surface area contributed by atoms with Crippen molar-refractivity contribution < 1.29 is 17.4 Å². The molecule has 2 aromatic heterocycles. The number of sulfonamides is 1. The van der Waals surface area contributed by atoms with Gasteiger partial charge in [0, 0.05) is 19.2 Å². The van der Waals surface area contributed by atoms with Crippen molar-refractivity contribution in [1.82, 2.24) is 14.8 Å². The van der Waals surface area contributed by atoms with E-state index in [1.165, 1.54) is 12.3 Å². The molecule has 0 bridgehead atoms. The fourth-order valence-electron chi connectivity index (χ4n) is 3.53. The monoisotopic (exact) mass is 373 g/mol. The number of nitrogens with zero attached hydrogens (tertiary/aromatic N) is 2. The van der Waals surface area contributed by atoms with Gasteiger partial charge >= 0.3 is 0 Å². The minimum Gasteiger partial charge on any atom is -0.440 e. The zero-order chi connectivity index (χ0) is 15.9. The van der Waals surface area contributed by atoms with Crippen LogP contribution in [0.5, 0.6) is 0 Å². The van der Waals surface area contributed by atoms with Crippen LogP contribution in [0.1, 0.15) is 19.3 Å². The number of piperidine rings is 1. The predicted molar refractivity (Wildman–Crippen MR) is 89.4 cm³/mol. The van der Waals surface area contributed by atoms with Crippen molar-refractivity contribution in [3.05, 3.63) is 24.4 Å². The molecule has 9 heteroatoms. The average molecular weight is 374 g/mol. The molecular formula is C15H20ClN3O4S. The lowest BCUT2D eigenvalue weighted by atomic mass is 9.78. The summed E-state index contributed by atoms with van der Waals surface area (Å²) >= 11 is 0. The third-order valence-electron chi connectivity index (χ3n) is 4.92. The highest BCUT2D eigenvalue weighted by atomic mass is 35.5. The minimum atomic E-state index is -3.60. The van der Waals surface area contributed by atoms with Crippen molar-refractivity contribution in [3.8, 4) is 11.5 Å². The Morgan fingerprint density at radius 1 is 1.12 bits per heavy atom. The topological polar surface area (TPSA) is 88.6 Å². The third kappa shape index (κ3) is 2.99. The normalized spacial score (nSPS) is 21.0. The molecule has 1 spiro atoms. The maximum atomic E-state index is 12.8. The Balaban J connectivity index is 0.00000169. The van der Waals surface area contributed by atoms with E-state index in [2.05, 4.69) is 10.5 Å². The summed E-state index contributed by atoms with van der Waals surface area (Å²) in [7, 11) is -3.60. The smallest absolute Gasteiger partial charge is 0.276 e. The highest BCUT2D eigenvalue weighted by Gasteiger charge is 2.44. The van der Waals surface area contributed by atoms with Gasteiger partial charge in [0.1, 0.15) is 0 Å². The Labute approximate surface area is 146 Å². The average Bonchev–Trinajstić information content (AvgIpc) is 3.28. The van der Waals surface area contributed by atoms with Crippen molar-refractivity contribution >= 4 is 22.4 Å². The first-order chi connectivity index (χ1) is 11.1. The van der Waals surface area contributed by atoms with E-state index in [-0.39, 0.29) is 22.9 Å². The van der Waals surface area contributed by atoms with Gasteiger partial charge in [0.05, 0.1) is 6.20 Å². The molecule has 1 N–H and O–H groups in total. The molecule has 24 heavy (non-hydrogen) atoms. The molecule has 2 saturated heterocycles. The largest absolute Gasteiger partial charge is 0.440 e. The second kappa shape index (κ2) is 6.51. The van der Waals surface area contributed by atoms with Gasteiger partial charge in [-0.15, -0.1) is 12.4 Å². The highest BCUT2D eigenvalue weighted by molar-refractivity contribution is 7.89. The first-order valence-electron chi connectivity index (χ1n) is 7.81. The quantitative estimate of drug-likeness (QED) is 0.886. The summed E-state index contributed by atoms with van der Waals surface area (Å²) in [5, 5.41) is 6.91. The second-order valence-electron chi connectivity index (χ2n) is 6.33. The first-order valence-corrected chi connectivity index (χ1v) is 9.25. The molecule has 0 atom stereocenters. The van der Waals surface area contributed by atoms with Crippen LogP contribution in [0.25, 0.3) is 11.5 Å². The van der Waals surface area contributed by atoms with Crippen LogP contribution < -0.4 is 5.32 Å². The van der Waals surface area contributed by atoms with Gasteiger partial charge in [-0.3, -0.25) is 0 Å². The van der Waals surface area contributed by atoms with Crippen LogP contribution >= 0.6 is 12.4 Å². The summed E-state index contributed by atoms with van der Waals surface area (Å²) in [5.74, 6) is 0.791. The molecular weight excluding hydrogens is 354 g/mol. The molecule has 132 valence electrons. The molecule has 0 saturated carbocycles. The van der Waals surface area contributed by atoms with Crippen molar-refractivity contribution in [1.29, 1.82) is 0 Å². The standard InChI is InChI=1S/C15H19N3O4S.ClH/c19-23(20,14-2-1-12(21-14)13-3-7-17-22-13)18-10-6-15(11-18)4-8-16-9-5-15;/h1-3,7,16H,4-6,8-11H2;1H. The summed E-state index contributed by atoms with van der Waals surface area (Å²) in [5.41, 5.74) is 0.124. The van der Waals surface area contributed by atoms with Crippen LogP contribution in [0.4, 0.5) is 0 Å². The van der Waals surface area contributed by atoms with Gasteiger partial charge in [-0.25, -0.2) is 8.42 Å². The van der Waals surface area contributed by atoms with Crippen LogP contribution in [-0.4, -0.2) is 44.1 Å². The Morgan fingerprint density at radius 2 is 1.92 bits per heavy atom. The Bertz CT molecular complexity index is 782. The van der Waals surface area contributed by atoms with E-state index < -0.39 is 10.0 Å². The highest BCUT2D eigenvalue weighted by Crippen LogP contribution is 2.41. The van der Waals surface area contributed by atoms with Gasteiger partial charge < -0.3 is 14.3 Å². The van der Waals surface area contributed by atoms with E-state index in [0.717, 1.165) is 32.4 Å². The summed E-state index contributed by atoms with van der Waals surface area (Å²) in [6, 6.07) is 4.72. The lowest BCUT2D eigenvalue weighted by Crippen LogP contribution is -2.39. The van der Waals surface area contributed by atoms with Gasteiger partial charge in [-0.05, 0) is 49.9 Å². The first kappa shape index (κ1) is 17.5. The molecule has 2 aliphatic rings. The predicted octanol–water partition coefficient (Wildman–Crippen LogP) is 2.12. The Kier molecular flexibility index (Phi) is 4.74. The van der Waals surface area contributed by atoms with E-state index in [0.29, 0.717) is 24.6 Å². The minimum absolute atomic E-state index is 0. The van der Waals surface area contributed by atoms with Gasteiger partial charge in [0.2, 0.25) is 10.9 Å². The molecule has 2 aromatic rings. The maximum Gasteiger partial charge on any atom is 0.276 e.